The number of ketones is 1. The third kappa shape index (κ3) is 9.36. The molecule has 5 atom stereocenters. The minimum atomic E-state index is -0.589. The molecule has 5 heteroatoms. The minimum Gasteiger partial charge on any atom is -0.393 e. The Bertz CT molecular complexity index is 1370. The molecule has 2 N–H and O–H groups in total. The maximum atomic E-state index is 13.0. The number of aliphatic hydroxyl groups excluding tert-OH is 2. The van der Waals surface area contributed by atoms with Gasteiger partial charge in [-0.15, -0.1) is 0 Å². The molecule has 2 saturated carbocycles. The number of rotatable bonds is 10. The summed E-state index contributed by atoms with van der Waals surface area (Å²) in [5.74, 6) is 0.0786. The van der Waals surface area contributed by atoms with Crippen molar-refractivity contribution in [1.29, 1.82) is 0 Å². The van der Waals surface area contributed by atoms with Crippen molar-refractivity contribution in [2.24, 2.45) is 16.2 Å². The van der Waals surface area contributed by atoms with Crippen molar-refractivity contribution >= 4 is 5.78 Å². The Morgan fingerprint density at radius 1 is 0.711 bits per heavy atom. The fourth-order valence-corrected chi connectivity index (χ4v) is 6.91. The summed E-state index contributed by atoms with van der Waals surface area (Å²) in [5.41, 5.74) is 3.98. The van der Waals surface area contributed by atoms with Crippen molar-refractivity contribution < 1.29 is 24.8 Å². The standard InChI is InChI=1S/C40H56O5/c1-28(17-13-18-30(3)21-22-36(43)39(9)26-33(42)25-38(39,7)8)15-11-12-16-29(2)19-14-20-31(4)34-23-35-37(5,6)24-32(41)27-40(35,10)45-44-34/h11-23,32-34,41-42H,24-27H2,1-10H3/b12-11+,17-13+,19-14+,22-21+,28-15+,29-16+,30-18+,31-20+/t32-,33-,34?,39-,40?/m0/s1. The lowest BCUT2D eigenvalue weighted by atomic mass is 9.64. The van der Waals surface area contributed by atoms with Gasteiger partial charge in [-0.1, -0.05) is 118 Å². The highest BCUT2D eigenvalue weighted by Crippen LogP contribution is 2.53. The minimum absolute atomic E-state index is 0.0786. The summed E-state index contributed by atoms with van der Waals surface area (Å²) in [6, 6.07) is 0. The van der Waals surface area contributed by atoms with E-state index in [0.29, 0.717) is 19.3 Å². The average Bonchev–Trinajstić information content (AvgIpc) is 3.14. The highest BCUT2D eigenvalue weighted by molar-refractivity contribution is 5.95. The molecule has 3 aliphatic rings. The third-order valence-electron chi connectivity index (χ3n) is 9.96. The molecule has 0 spiro atoms. The smallest absolute Gasteiger partial charge is 0.162 e. The molecule has 0 radical (unpaired) electrons. The van der Waals surface area contributed by atoms with Gasteiger partial charge >= 0.3 is 0 Å². The van der Waals surface area contributed by atoms with Gasteiger partial charge in [0, 0.05) is 11.8 Å². The van der Waals surface area contributed by atoms with Gasteiger partial charge in [-0.25, -0.2) is 9.78 Å². The molecule has 0 aromatic heterocycles. The second-order valence-electron chi connectivity index (χ2n) is 15.1. The van der Waals surface area contributed by atoms with Gasteiger partial charge in [-0.05, 0) is 88.0 Å². The number of fused-ring (bicyclic) bond motifs is 1. The molecule has 0 bridgehead atoms. The van der Waals surface area contributed by atoms with Crippen molar-refractivity contribution in [3.05, 3.63) is 107 Å². The van der Waals surface area contributed by atoms with Gasteiger partial charge in [0.25, 0.3) is 0 Å². The second kappa shape index (κ2) is 14.7. The molecular weight excluding hydrogens is 560 g/mol. The van der Waals surface area contributed by atoms with Gasteiger partial charge in [-0.3, -0.25) is 4.79 Å². The van der Waals surface area contributed by atoms with E-state index < -0.39 is 23.2 Å². The van der Waals surface area contributed by atoms with Crippen LogP contribution in [0, 0.1) is 16.2 Å². The van der Waals surface area contributed by atoms with Crippen molar-refractivity contribution in [3.63, 3.8) is 0 Å². The van der Waals surface area contributed by atoms with Crippen molar-refractivity contribution in [1.82, 2.24) is 0 Å². The Kier molecular flexibility index (Phi) is 12.0. The van der Waals surface area contributed by atoms with E-state index in [1.807, 2.05) is 77.2 Å². The molecule has 0 aromatic carbocycles. The quantitative estimate of drug-likeness (QED) is 0.111. The van der Waals surface area contributed by atoms with Crippen LogP contribution in [-0.4, -0.2) is 39.9 Å². The molecule has 1 heterocycles. The summed E-state index contributed by atoms with van der Waals surface area (Å²) < 4.78 is 0. The first-order valence-electron chi connectivity index (χ1n) is 16.3. The summed E-state index contributed by atoms with van der Waals surface area (Å²) in [4.78, 5) is 24.6. The largest absolute Gasteiger partial charge is 0.393 e. The van der Waals surface area contributed by atoms with E-state index in [1.165, 1.54) is 5.57 Å². The maximum Gasteiger partial charge on any atom is 0.162 e. The molecule has 246 valence electrons. The van der Waals surface area contributed by atoms with Crippen LogP contribution in [0.25, 0.3) is 0 Å². The van der Waals surface area contributed by atoms with E-state index in [4.69, 9.17) is 9.78 Å². The molecule has 45 heavy (non-hydrogen) atoms. The van der Waals surface area contributed by atoms with Crippen molar-refractivity contribution in [2.45, 2.75) is 119 Å². The lowest BCUT2D eigenvalue weighted by Gasteiger charge is -2.49. The molecule has 0 saturated heterocycles. The van der Waals surface area contributed by atoms with E-state index in [0.717, 1.165) is 28.7 Å². The molecule has 2 aliphatic carbocycles. The van der Waals surface area contributed by atoms with E-state index in [-0.39, 0.29) is 22.7 Å². The van der Waals surface area contributed by atoms with Crippen LogP contribution in [0.5, 0.6) is 0 Å². The highest BCUT2D eigenvalue weighted by atomic mass is 17.2. The number of hydrogen-bond acceptors (Lipinski definition) is 5. The molecule has 5 nitrogen and oxygen atoms in total. The van der Waals surface area contributed by atoms with Crippen LogP contribution >= 0.6 is 0 Å². The Hall–Kier alpha value is -2.83. The van der Waals surface area contributed by atoms with E-state index in [1.54, 1.807) is 6.08 Å². The van der Waals surface area contributed by atoms with Gasteiger partial charge in [-0.2, -0.15) is 0 Å². The predicted octanol–water partition coefficient (Wildman–Crippen LogP) is 8.95. The lowest BCUT2D eigenvalue weighted by molar-refractivity contribution is -0.376. The molecule has 1 aliphatic heterocycles. The summed E-state index contributed by atoms with van der Waals surface area (Å²) >= 11 is 0. The fraction of sp³-hybridized carbons (Fsp3) is 0.525. The van der Waals surface area contributed by atoms with Gasteiger partial charge in [0.2, 0.25) is 0 Å². The topological polar surface area (TPSA) is 76.0 Å². The van der Waals surface area contributed by atoms with Crippen LogP contribution in [0.3, 0.4) is 0 Å². The highest BCUT2D eigenvalue weighted by Gasteiger charge is 2.53. The zero-order valence-electron chi connectivity index (χ0n) is 29.2. The normalized spacial score (nSPS) is 33.1. The van der Waals surface area contributed by atoms with Crippen molar-refractivity contribution in [2.75, 3.05) is 0 Å². The van der Waals surface area contributed by atoms with E-state index >= 15 is 0 Å². The average molecular weight is 617 g/mol. The summed E-state index contributed by atoms with van der Waals surface area (Å²) in [6.07, 6.45) is 27.4. The maximum absolute atomic E-state index is 13.0. The van der Waals surface area contributed by atoms with Crippen LogP contribution in [0.4, 0.5) is 0 Å². The van der Waals surface area contributed by atoms with E-state index in [2.05, 4.69) is 65.0 Å². The van der Waals surface area contributed by atoms with Crippen molar-refractivity contribution in [3.8, 4) is 0 Å². The number of allylic oxidation sites excluding steroid dienone is 15. The van der Waals surface area contributed by atoms with E-state index in [9.17, 15) is 15.0 Å². The first-order chi connectivity index (χ1) is 20.9. The Morgan fingerprint density at radius 2 is 1.24 bits per heavy atom. The number of hydrogen-bond donors (Lipinski definition) is 2. The third-order valence-corrected chi connectivity index (χ3v) is 9.96. The van der Waals surface area contributed by atoms with Gasteiger partial charge in [0.1, 0.15) is 11.7 Å². The number of carbonyl (C=O) groups excluding carboxylic acids is 1. The van der Waals surface area contributed by atoms with Gasteiger partial charge in [0.15, 0.2) is 5.78 Å². The Labute approximate surface area is 272 Å². The summed E-state index contributed by atoms with van der Waals surface area (Å²) in [7, 11) is 0. The Balaban J connectivity index is 1.52. The van der Waals surface area contributed by atoms with Crippen LogP contribution in [0.1, 0.15) is 94.9 Å². The predicted molar refractivity (Wildman–Crippen MR) is 185 cm³/mol. The zero-order chi connectivity index (χ0) is 33.6. The molecule has 0 aromatic rings. The second-order valence-corrected chi connectivity index (χ2v) is 15.1. The molecule has 0 amide bonds. The van der Waals surface area contributed by atoms with Gasteiger partial charge < -0.3 is 10.2 Å². The summed E-state index contributed by atoms with van der Waals surface area (Å²) in [5, 5.41) is 20.4. The first-order valence-corrected chi connectivity index (χ1v) is 16.3. The summed E-state index contributed by atoms with van der Waals surface area (Å²) in [6.45, 7) is 20.6. The van der Waals surface area contributed by atoms with Crippen LogP contribution in [0.2, 0.25) is 0 Å². The van der Waals surface area contributed by atoms with Gasteiger partial charge in [0.05, 0.1) is 12.2 Å². The molecule has 2 unspecified atom stereocenters. The SMILES string of the molecule is CC(/C=C/C=C(C)/C=C/C(=O)[C@]1(C)C[C@@H](O)CC1(C)C)=C\C=C\C=C(C)\C=C\C=C(/C)C1C=C2C(C)(C)C[C@H](O)CC2(C)OO1. The number of carbonyl (C=O) groups is 1. The molecule has 2 fully saturated rings. The first kappa shape index (κ1) is 36.6. The fourth-order valence-electron chi connectivity index (χ4n) is 6.91. The van der Waals surface area contributed by atoms with Crippen LogP contribution in [-0.2, 0) is 14.6 Å². The molecule has 3 rings (SSSR count). The Morgan fingerprint density at radius 3 is 1.82 bits per heavy atom. The zero-order valence-corrected chi connectivity index (χ0v) is 29.2. The lowest BCUT2D eigenvalue weighted by Crippen LogP contribution is -2.50. The monoisotopic (exact) mass is 616 g/mol. The molecular formula is C40H56O5. The van der Waals surface area contributed by atoms with Crippen LogP contribution in [0.15, 0.2) is 107 Å². The number of aliphatic hydroxyl groups is 2. The van der Waals surface area contributed by atoms with Crippen LogP contribution < -0.4 is 0 Å².